The van der Waals surface area contributed by atoms with Crippen LogP contribution in [0.1, 0.15) is 5.56 Å². The number of rotatable bonds is 1. The average Bonchev–Trinajstić information content (AvgIpc) is 2.17. The quantitative estimate of drug-likeness (QED) is 0.656. The first-order valence-electron chi connectivity index (χ1n) is 4.69. The summed E-state index contributed by atoms with van der Waals surface area (Å²) >= 11 is 11.9. The van der Waals surface area contributed by atoms with E-state index in [-0.39, 0.29) is 0 Å². The highest BCUT2D eigenvalue weighted by molar-refractivity contribution is 6.31. The van der Waals surface area contributed by atoms with Gasteiger partial charge in [0.2, 0.25) is 0 Å². The predicted octanol–water partition coefficient (Wildman–Crippen LogP) is 4.97. The maximum Gasteiger partial charge on any atom is 0.0412 e. The van der Waals surface area contributed by atoms with Crippen molar-refractivity contribution in [1.29, 1.82) is 0 Å². The van der Waals surface area contributed by atoms with Gasteiger partial charge in [0.1, 0.15) is 0 Å². The van der Waals surface area contributed by atoms with E-state index in [4.69, 9.17) is 23.2 Å². The number of benzene rings is 2. The Morgan fingerprint density at radius 2 is 1.60 bits per heavy atom. The highest BCUT2D eigenvalue weighted by Gasteiger charge is 2.02. The first-order chi connectivity index (χ1) is 7.16. The van der Waals surface area contributed by atoms with E-state index < -0.39 is 0 Å². The highest BCUT2D eigenvalue weighted by atomic mass is 35.5. The molecule has 0 atom stereocenters. The second kappa shape index (κ2) is 4.26. The number of halogens is 2. The van der Waals surface area contributed by atoms with E-state index in [2.05, 4.69) is 0 Å². The lowest BCUT2D eigenvalue weighted by Gasteiger charge is -2.06. The molecular formula is C13H10Cl2. The van der Waals surface area contributed by atoms with Gasteiger partial charge >= 0.3 is 0 Å². The van der Waals surface area contributed by atoms with E-state index >= 15 is 0 Å². The molecule has 0 aliphatic heterocycles. The summed E-state index contributed by atoms with van der Waals surface area (Å²) in [7, 11) is 0. The molecule has 15 heavy (non-hydrogen) atoms. The molecule has 2 aromatic carbocycles. The van der Waals surface area contributed by atoms with Crippen LogP contribution >= 0.6 is 23.2 Å². The van der Waals surface area contributed by atoms with Gasteiger partial charge in [-0.05, 0) is 47.9 Å². The van der Waals surface area contributed by atoms with Gasteiger partial charge in [0.25, 0.3) is 0 Å². The molecule has 0 aliphatic carbocycles. The van der Waals surface area contributed by atoms with E-state index in [0.29, 0.717) is 0 Å². The normalized spacial score (nSPS) is 10.3. The molecule has 0 radical (unpaired) electrons. The van der Waals surface area contributed by atoms with Crippen LogP contribution in [0.5, 0.6) is 0 Å². The Morgan fingerprint density at radius 3 is 2.27 bits per heavy atom. The molecular weight excluding hydrogens is 227 g/mol. The number of hydrogen-bond donors (Lipinski definition) is 0. The summed E-state index contributed by atoms with van der Waals surface area (Å²) in [5, 5.41) is 1.51. The standard InChI is InChI=1S/C13H10Cl2/c1-9-7-12(15)5-6-13(9)10-3-2-4-11(14)8-10/h2-8H,1H3. The monoisotopic (exact) mass is 236 g/mol. The fourth-order valence-corrected chi connectivity index (χ4v) is 2.02. The molecule has 0 nitrogen and oxygen atoms in total. The maximum absolute atomic E-state index is 5.95. The first-order valence-corrected chi connectivity index (χ1v) is 5.44. The number of hydrogen-bond acceptors (Lipinski definition) is 0. The fourth-order valence-electron chi connectivity index (χ4n) is 1.61. The Kier molecular flexibility index (Phi) is 2.99. The Labute approximate surface area is 99.5 Å². The summed E-state index contributed by atoms with van der Waals surface area (Å²) in [6.07, 6.45) is 0. The summed E-state index contributed by atoms with van der Waals surface area (Å²) in [4.78, 5) is 0. The lowest BCUT2D eigenvalue weighted by Crippen LogP contribution is -1.82. The lowest BCUT2D eigenvalue weighted by atomic mass is 10.0. The molecule has 0 fully saturated rings. The molecule has 2 rings (SSSR count). The van der Waals surface area contributed by atoms with Crippen LogP contribution in [0.15, 0.2) is 42.5 Å². The molecule has 0 amide bonds. The lowest BCUT2D eigenvalue weighted by molar-refractivity contribution is 1.46. The van der Waals surface area contributed by atoms with E-state index in [1.165, 1.54) is 5.56 Å². The molecule has 2 aromatic rings. The van der Waals surface area contributed by atoms with Crippen LogP contribution in [-0.4, -0.2) is 0 Å². The van der Waals surface area contributed by atoms with Crippen molar-refractivity contribution >= 4 is 23.2 Å². The highest BCUT2D eigenvalue weighted by Crippen LogP contribution is 2.27. The molecule has 0 spiro atoms. The molecule has 0 heterocycles. The van der Waals surface area contributed by atoms with Gasteiger partial charge in [0.05, 0.1) is 0 Å². The van der Waals surface area contributed by atoms with Crippen LogP contribution in [0, 0.1) is 6.92 Å². The minimum atomic E-state index is 0.752. The molecule has 0 bridgehead atoms. The smallest absolute Gasteiger partial charge is 0.0412 e. The molecule has 0 N–H and O–H groups in total. The Morgan fingerprint density at radius 1 is 0.867 bits per heavy atom. The summed E-state index contributed by atoms with van der Waals surface area (Å²) < 4.78 is 0. The van der Waals surface area contributed by atoms with Crippen molar-refractivity contribution in [2.24, 2.45) is 0 Å². The summed E-state index contributed by atoms with van der Waals surface area (Å²) in [6, 6.07) is 13.7. The molecule has 0 unspecified atom stereocenters. The van der Waals surface area contributed by atoms with Gasteiger partial charge in [-0.1, -0.05) is 41.4 Å². The van der Waals surface area contributed by atoms with Gasteiger partial charge in [-0.25, -0.2) is 0 Å². The van der Waals surface area contributed by atoms with Crippen LogP contribution in [0.4, 0.5) is 0 Å². The van der Waals surface area contributed by atoms with Gasteiger partial charge < -0.3 is 0 Å². The molecule has 0 aromatic heterocycles. The van der Waals surface area contributed by atoms with Crippen molar-refractivity contribution in [3.8, 4) is 11.1 Å². The topological polar surface area (TPSA) is 0 Å². The molecule has 0 saturated carbocycles. The van der Waals surface area contributed by atoms with Crippen molar-refractivity contribution in [1.82, 2.24) is 0 Å². The molecule has 0 saturated heterocycles. The van der Waals surface area contributed by atoms with Crippen molar-refractivity contribution < 1.29 is 0 Å². The van der Waals surface area contributed by atoms with Crippen molar-refractivity contribution in [3.63, 3.8) is 0 Å². The van der Waals surface area contributed by atoms with Gasteiger partial charge in [0.15, 0.2) is 0 Å². The SMILES string of the molecule is Cc1cc(Cl)ccc1-c1cccc(Cl)c1. The van der Waals surface area contributed by atoms with E-state index in [1.807, 2.05) is 49.4 Å². The van der Waals surface area contributed by atoms with E-state index in [0.717, 1.165) is 21.2 Å². The van der Waals surface area contributed by atoms with E-state index in [9.17, 15) is 0 Å². The molecule has 0 aliphatic rings. The summed E-state index contributed by atoms with van der Waals surface area (Å²) in [5.74, 6) is 0. The van der Waals surface area contributed by atoms with Crippen molar-refractivity contribution in [2.45, 2.75) is 6.92 Å². The van der Waals surface area contributed by atoms with Crippen LogP contribution in [0.3, 0.4) is 0 Å². The molecule has 76 valence electrons. The van der Waals surface area contributed by atoms with Crippen molar-refractivity contribution in [2.75, 3.05) is 0 Å². The van der Waals surface area contributed by atoms with Gasteiger partial charge in [0, 0.05) is 10.0 Å². The second-order valence-corrected chi connectivity index (χ2v) is 4.34. The van der Waals surface area contributed by atoms with Crippen LogP contribution in [0.25, 0.3) is 11.1 Å². The second-order valence-electron chi connectivity index (χ2n) is 3.47. The summed E-state index contributed by atoms with van der Waals surface area (Å²) in [6.45, 7) is 2.04. The zero-order valence-electron chi connectivity index (χ0n) is 8.30. The zero-order valence-corrected chi connectivity index (χ0v) is 9.81. The van der Waals surface area contributed by atoms with Gasteiger partial charge in [-0.2, -0.15) is 0 Å². The molecule has 2 heteroatoms. The van der Waals surface area contributed by atoms with Gasteiger partial charge in [-0.3, -0.25) is 0 Å². The Balaban J connectivity index is 2.54. The van der Waals surface area contributed by atoms with E-state index in [1.54, 1.807) is 0 Å². The maximum atomic E-state index is 5.95. The Bertz CT molecular complexity index is 490. The van der Waals surface area contributed by atoms with Crippen LogP contribution < -0.4 is 0 Å². The minimum absolute atomic E-state index is 0.752. The fraction of sp³-hybridized carbons (Fsp3) is 0.0769. The zero-order chi connectivity index (χ0) is 10.8. The average molecular weight is 237 g/mol. The van der Waals surface area contributed by atoms with Gasteiger partial charge in [-0.15, -0.1) is 0 Å². The largest absolute Gasteiger partial charge is 0.0843 e. The first kappa shape index (κ1) is 10.5. The third-order valence-corrected chi connectivity index (χ3v) is 2.79. The minimum Gasteiger partial charge on any atom is -0.0843 e. The Hall–Kier alpha value is -0.980. The third kappa shape index (κ3) is 2.34. The summed E-state index contributed by atoms with van der Waals surface area (Å²) in [5.41, 5.74) is 3.45. The van der Waals surface area contributed by atoms with Crippen molar-refractivity contribution in [3.05, 3.63) is 58.1 Å². The predicted molar refractivity (Wildman–Crippen MR) is 66.6 cm³/mol. The van der Waals surface area contributed by atoms with Crippen LogP contribution in [-0.2, 0) is 0 Å². The number of aryl methyl sites for hydroxylation is 1. The van der Waals surface area contributed by atoms with Crippen LogP contribution in [0.2, 0.25) is 10.0 Å². The third-order valence-electron chi connectivity index (χ3n) is 2.32.